The van der Waals surface area contributed by atoms with Gasteiger partial charge >= 0.3 is 6.18 Å². The van der Waals surface area contributed by atoms with E-state index in [-0.39, 0.29) is 5.88 Å². The smallest absolute Gasteiger partial charge is 0.422 e. The summed E-state index contributed by atoms with van der Waals surface area (Å²) in [6, 6.07) is 1.42. The summed E-state index contributed by atoms with van der Waals surface area (Å²) >= 11 is 5.92. The van der Waals surface area contributed by atoms with E-state index < -0.39 is 12.8 Å². The Morgan fingerprint density at radius 1 is 1.42 bits per heavy atom. The predicted octanol–water partition coefficient (Wildman–Crippen LogP) is 3.42. The summed E-state index contributed by atoms with van der Waals surface area (Å²) in [5, 5.41) is 3.55. The molecule has 0 atom stereocenters. The molecule has 1 heterocycles. The highest BCUT2D eigenvalue weighted by atomic mass is 35.5. The van der Waals surface area contributed by atoms with E-state index >= 15 is 0 Å². The van der Waals surface area contributed by atoms with Gasteiger partial charge in [0.25, 0.3) is 0 Å². The number of hydrogen-bond donors (Lipinski definition) is 1. The molecule has 1 N–H and O–H groups in total. The van der Waals surface area contributed by atoms with Crippen LogP contribution in [0.3, 0.4) is 0 Å². The number of hydrogen-bond acceptors (Lipinski definition) is 3. The molecule has 0 aliphatic carbocycles. The largest absolute Gasteiger partial charge is 0.468 e. The van der Waals surface area contributed by atoms with Gasteiger partial charge in [0.1, 0.15) is 0 Å². The molecule has 7 heteroatoms. The molecule has 1 aromatic rings. The molecular formula is C12H16ClF3N2O. The second kappa shape index (κ2) is 6.96. The van der Waals surface area contributed by atoms with Crippen molar-refractivity contribution in [2.24, 2.45) is 5.92 Å². The van der Waals surface area contributed by atoms with Gasteiger partial charge in [0.05, 0.1) is 5.02 Å². The van der Waals surface area contributed by atoms with Crippen LogP contribution in [0.5, 0.6) is 5.88 Å². The Morgan fingerprint density at radius 2 is 2.11 bits per heavy atom. The van der Waals surface area contributed by atoms with Gasteiger partial charge in [-0.3, -0.25) is 0 Å². The highest BCUT2D eigenvalue weighted by Gasteiger charge is 2.28. The second-order valence-electron chi connectivity index (χ2n) is 4.54. The van der Waals surface area contributed by atoms with Gasteiger partial charge in [-0.25, -0.2) is 4.98 Å². The molecule has 3 nitrogen and oxygen atoms in total. The first-order valence-corrected chi connectivity index (χ1v) is 6.20. The standard InChI is InChI=1S/C12H16ClF3N2O/c1-8(2)4-17-5-9-3-11(18-6-10(9)13)19-7-12(14,15)16/h3,6,8,17H,4-5,7H2,1-2H3. The molecule has 0 aromatic carbocycles. The van der Waals surface area contributed by atoms with Crippen molar-refractivity contribution in [1.29, 1.82) is 0 Å². The van der Waals surface area contributed by atoms with E-state index in [9.17, 15) is 13.2 Å². The van der Waals surface area contributed by atoms with Crippen LogP contribution in [-0.2, 0) is 6.54 Å². The van der Waals surface area contributed by atoms with Crippen molar-refractivity contribution in [3.63, 3.8) is 0 Å². The number of alkyl halides is 3. The van der Waals surface area contributed by atoms with Crippen molar-refractivity contribution in [2.45, 2.75) is 26.6 Å². The number of ether oxygens (including phenoxy) is 1. The Bertz CT molecular complexity index is 410. The first-order chi connectivity index (χ1) is 8.78. The van der Waals surface area contributed by atoms with Crippen molar-refractivity contribution in [1.82, 2.24) is 10.3 Å². The summed E-state index contributed by atoms with van der Waals surface area (Å²) in [4.78, 5) is 3.70. The van der Waals surface area contributed by atoms with Crippen molar-refractivity contribution < 1.29 is 17.9 Å². The molecule has 108 valence electrons. The first kappa shape index (κ1) is 16.0. The molecule has 0 aliphatic rings. The number of nitrogens with zero attached hydrogens (tertiary/aromatic N) is 1. The van der Waals surface area contributed by atoms with E-state index in [1.165, 1.54) is 12.3 Å². The molecule has 0 saturated heterocycles. The number of pyridine rings is 1. The average Bonchev–Trinajstić information content (AvgIpc) is 2.28. The number of rotatable bonds is 6. The zero-order valence-corrected chi connectivity index (χ0v) is 11.5. The Labute approximate surface area is 115 Å². The minimum atomic E-state index is -4.38. The zero-order valence-electron chi connectivity index (χ0n) is 10.7. The summed E-state index contributed by atoms with van der Waals surface area (Å²) in [7, 11) is 0. The maximum atomic E-state index is 12.0. The molecule has 0 radical (unpaired) electrons. The van der Waals surface area contributed by atoms with E-state index in [2.05, 4.69) is 28.9 Å². The van der Waals surface area contributed by atoms with Crippen molar-refractivity contribution in [3.05, 3.63) is 22.8 Å². The molecular weight excluding hydrogens is 281 g/mol. The summed E-state index contributed by atoms with van der Waals surface area (Å²) in [5.74, 6) is 0.393. The Kier molecular flexibility index (Phi) is 5.87. The van der Waals surface area contributed by atoms with E-state index in [1.54, 1.807) is 0 Å². The van der Waals surface area contributed by atoms with Gasteiger partial charge in [0.2, 0.25) is 5.88 Å². The molecule has 0 amide bonds. The van der Waals surface area contributed by atoms with Crippen molar-refractivity contribution in [3.8, 4) is 5.88 Å². The molecule has 0 aliphatic heterocycles. The molecule has 0 saturated carbocycles. The van der Waals surface area contributed by atoms with Gasteiger partial charge in [0.15, 0.2) is 6.61 Å². The summed E-state index contributed by atoms with van der Waals surface area (Å²) in [6.45, 7) is 4.00. The summed E-state index contributed by atoms with van der Waals surface area (Å²) in [6.07, 6.45) is -3.09. The number of halogens is 4. The lowest BCUT2D eigenvalue weighted by atomic mass is 10.2. The van der Waals surface area contributed by atoms with E-state index in [4.69, 9.17) is 11.6 Å². The quantitative estimate of drug-likeness (QED) is 0.873. The Morgan fingerprint density at radius 3 is 2.68 bits per heavy atom. The van der Waals surface area contributed by atoms with Gasteiger partial charge in [0, 0.05) is 18.8 Å². The fourth-order valence-electron chi connectivity index (χ4n) is 1.32. The number of aromatic nitrogens is 1. The van der Waals surface area contributed by atoms with Crippen LogP contribution in [0.25, 0.3) is 0 Å². The fourth-order valence-corrected chi connectivity index (χ4v) is 1.49. The molecule has 19 heavy (non-hydrogen) atoms. The second-order valence-corrected chi connectivity index (χ2v) is 4.95. The third-order valence-corrected chi connectivity index (χ3v) is 2.50. The van der Waals surface area contributed by atoms with Gasteiger partial charge in [-0.05, 0) is 18.0 Å². The topological polar surface area (TPSA) is 34.1 Å². The van der Waals surface area contributed by atoms with Crippen LogP contribution in [0.1, 0.15) is 19.4 Å². The van der Waals surface area contributed by atoms with E-state index in [0.717, 1.165) is 6.54 Å². The third-order valence-electron chi connectivity index (χ3n) is 2.16. The lowest BCUT2D eigenvalue weighted by Gasteiger charge is -2.11. The highest BCUT2D eigenvalue weighted by Crippen LogP contribution is 2.21. The Hall–Kier alpha value is -1.01. The third kappa shape index (κ3) is 6.63. The van der Waals surface area contributed by atoms with Gasteiger partial charge in [-0.15, -0.1) is 0 Å². The minimum absolute atomic E-state index is 0.0805. The van der Waals surface area contributed by atoms with Gasteiger partial charge in [-0.2, -0.15) is 13.2 Å². The van der Waals surface area contributed by atoms with Crippen LogP contribution >= 0.6 is 11.6 Å². The normalized spacial score (nSPS) is 11.9. The maximum Gasteiger partial charge on any atom is 0.422 e. The maximum absolute atomic E-state index is 12.0. The molecule has 0 spiro atoms. The SMILES string of the molecule is CC(C)CNCc1cc(OCC(F)(F)F)ncc1Cl. The van der Waals surface area contributed by atoms with Crippen LogP contribution in [0.4, 0.5) is 13.2 Å². The monoisotopic (exact) mass is 296 g/mol. The van der Waals surface area contributed by atoms with Gasteiger partial charge < -0.3 is 10.1 Å². The molecule has 0 bridgehead atoms. The molecule has 0 fully saturated rings. The van der Waals surface area contributed by atoms with Crippen molar-refractivity contribution in [2.75, 3.05) is 13.2 Å². The van der Waals surface area contributed by atoms with Crippen LogP contribution in [0.15, 0.2) is 12.3 Å². The van der Waals surface area contributed by atoms with Crippen LogP contribution < -0.4 is 10.1 Å². The van der Waals surface area contributed by atoms with Crippen molar-refractivity contribution >= 4 is 11.6 Å². The molecule has 1 aromatic heterocycles. The zero-order chi connectivity index (χ0) is 14.5. The van der Waals surface area contributed by atoms with Gasteiger partial charge in [-0.1, -0.05) is 25.4 Å². The first-order valence-electron chi connectivity index (χ1n) is 5.82. The number of nitrogens with one attached hydrogen (secondary N) is 1. The summed E-state index contributed by atoms with van der Waals surface area (Å²) in [5.41, 5.74) is 0.662. The van der Waals surface area contributed by atoms with Crippen LogP contribution in [-0.4, -0.2) is 24.3 Å². The van der Waals surface area contributed by atoms with Crippen LogP contribution in [0, 0.1) is 5.92 Å². The lowest BCUT2D eigenvalue weighted by molar-refractivity contribution is -0.154. The van der Waals surface area contributed by atoms with E-state index in [0.29, 0.717) is 23.0 Å². The highest BCUT2D eigenvalue weighted by molar-refractivity contribution is 6.31. The molecule has 0 unspecified atom stereocenters. The minimum Gasteiger partial charge on any atom is -0.468 e. The predicted molar refractivity (Wildman–Crippen MR) is 67.3 cm³/mol. The average molecular weight is 297 g/mol. The van der Waals surface area contributed by atoms with Crippen LogP contribution in [0.2, 0.25) is 5.02 Å². The summed E-state index contributed by atoms with van der Waals surface area (Å²) < 4.78 is 40.6. The Balaban J connectivity index is 2.61. The fraction of sp³-hybridized carbons (Fsp3) is 0.583. The lowest BCUT2D eigenvalue weighted by Crippen LogP contribution is -2.21. The van der Waals surface area contributed by atoms with E-state index in [1.807, 2.05) is 0 Å². The molecule has 1 rings (SSSR count).